The number of allylic oxidation sites excluding steroid dienone is 9. The van der Waals surface area contributed by atoms with Crippen LogP contribution < -0.4 is 0 Å². The Labute approximate surface area is 200 Å². The molecule has 2 nitrogen and oxygen atoms in total. The molecular weight excluding hydrogens is 427 g/mol. The largest absolute Gasteiger partial charge is 0.349 e. The van der Waals surface area contributed by atoms with Gasteiger partial charge in [-0.2, -0.15) is 0 Å². The molecule has 0 aromatic heterocycles. The third-order valence-corrected chi connectivity index (χ3v) is 7.54. The van der Waals surface area contributed by atoms with Crippen LogP contribution in [0.15, 0.2) is 58.2 Å². The minimum absolute atomic E-state index is 0. The number of rotatable bonds is 0. The van der Waals surface area contributed by atoms with Gasteiger partial charge in [0.15, 0.2) is 5.79 Å². The van der Waals surface area contributed by atoms with Gasteiger partial charge in [-0.1, -0.05) is 62.3 Å². The fraction of sp³-hybridized carbons (Fsp3) is 0.607. The van der Waals surface area contributed by atoms with Gasteiger partial charge in [-0.15, -0.1) is 0 Å². The van der Waals surface area contributed by atoms with Crippen molar-refractivity contribution in [2.45, 2.75) is 85.4 Å². The van der Waals surface area contributed by atoms with Gasteiger partial charge < -0.3 is 9.47 Å². The van der Waals surface area contributed by atoms with E-state index in [0.29, 0.717) is 0 Å². The molecule has 2 radical (unpaired) electrons. The molecule has 0 N–H and O–H groups in total. The van der Waals surface area contributed by atoms with Gasteiger partial charge in [-0.05, 0) is 68.1 Å². The number of ether oxygens (including phenoxy) is 2. The minimum atomic E-state index is -0.394. The summed E-state index contributed by atoms with van der Waals surface area (Å²) in [6.45, 7) is 13.5. The summed E-state index contributed by atoms with van der Waals surface area (Å²) < 4.78 is 12.7. The maximum atomic E-state index is 6.34. The Morgan fingerprint density at radius 1 is 0.903 bits per heavy atom. The van der Waals surface area contributed by atoms with Crippen LogP contribution in [0.1, 0.15) is 79.6 Å². The first-order valence-corrected chi connectivity index (χ1v) is 11.9. The van der Waals surface area contributed by atoms with Crippen molar-refractivity contribution < 1.29 is 26.3 Å². The topological polar surface area (TPSA) is 18.5 Å². The van der Waals surface area contributed by atoms with Crippen LogP contribution in [0.25, 0.3) is 0 Å². The molecule has 0 bridgehead atoms. The summed E-state index contributed by atoms with van der Waals surface area (Å²) >= 11 is 0. The van der Waals surface area contributed by atoms with E-state index in [1.54, 1.807) is 22.3 Å². The molecule has 0 aromatic rings. The quantitative estimate of drug-likeness (QED) is 0.370. The summed E-state index contributed by atoms with van der Waals surface area (Å²) in [5.74, 6) is -0.394. The second-order valence-corrected chi connectivity index (χ2v) is 10.7. The molecule has 1 aliphatic heterocycles. The molecule has 1 atom stereocenters. The molecule has 5 aliphatic rings. The Morgan fingerprint density at radius 2 is 1.55 bits per heavy atom. The van der Waals surface area contributed by atoms with Crippen molar-refractivity contribution >= 4 is 0 Å². The van der Waals surface area contributed by atoms with E-state index >= 15 is 0 Å². The van der Waals surface area contributed by atoms with Gasteiger partial charge in [0, 0.05) is 41.5 Å². The summed E-state index contributed by atoms with van der Waals surface area (Å²) in [4.78, 5) is 0. The van der Waals surface area contributed by atoms with E-state index in [1.807, 2.05) is 30.7 Å². The second kappa shape index (κ2) is 9.55. The van der Waals surface area contributed by atoms with Crippen LogP contribution in [0.5, 0.6) is 0 Å². The van der Waals surface area contributed by atoms with Gasteiger partial charge in [0.2, 0.25) is 0 Å². The van der Waals surface area contributed by atoms with Gasteiger partial charge in [0.25, 0.3) is 0 Å². The molecule has 0 amide bonds. The van der Waals surface area contributed by atoms with Crippen molar-refractivity contribution in [3.8, 4) is 0 Å². The van der Waals surface area contributed by atoms with E-state index in [9.17, 15) is 0 Å². The van der Waals surface area contributed by atoms with E-state index in [0.717, 1.165) is 32.5 Å². The van der Waals surface area contributed by atoms with Crippen LogP contribution in [0.3, 0.4) is 0 Å². The van der Waals surface area contributed by atoms with Crippen LogP contribution in [-0.4, -0.2) is 19.0 Å². The Bertz CT molecular complexity index is 814. The smallest absolute Gasteiger partial charge is 0.173 e. The summed E-state index contributed by atoms with van der Waals surface area (Å²) in [6, 6.07) is 0. The SMILES string of the molecule is CC(C)=C1C=C2CCCCC2=C2CC3(CC12C(C)(C)C)OCCCO3.[CH]1C=CC=C1.[Co]. The van der Waals surface area contributed by atoms with Crippen LogP contribution >= 0.6 is 0 Å². The number of fused-ring (bicyclic) bond motifs is 2. The molecule has 3 heteroatoms. The zero-order valence-corrected chi connectivity index (χ0v) is 21.0. The normalized spacial score (nSPS) is 28.4. The molecule has 2 saturated carbocycles. The molecule has 0 aromatic carbocycles. The van der Waals surface area contributed by atoms with E-state index in [4.69, 9.17) is 9.47 Å². The Morgan fingerprint density at radius 3 is 2.10 bits per heavy atom. The third kappa shape index (κ3) is 4.49. The first-order chi connectivity index (χ1) is 14.3. The molecule has 172 valence electrons. The molecule has 1 spiro atoms. The van der Waals surface area contributed by atoms with Crippen molar-refractivity contribution in [1.29, 1.82) is 0 Å². The monoisotopic (exact) mass is 466 g/mol. The number of hydrogen-bond acceptors (Lipinski definition) is 2. The molecule has 1 heterocycles. The molecule has 5 rings (SSSR count). The summed E-state index contributed by atoms with van der Waals surface area (Å²) in [6.07, 6.45) is 20.7. The Hall–Kier alpha value is -0.874. The van der Waals surface area contributed by atoms with Gasteiger partial charge >= 0.3 is 0 Å². The Balaban J connectivity index is 0.000000401. The van der Waals surface area contributed by atoms with Gasteiger partial charge in [-0.25, -0.2) is 0 Å². The minimum Gasteiger partial charge on any atom is -0.349 e. The van der Waals surface area contributed by atoms with Crippen molar-refractivity contribution in [1.82, 2.24) is 0 Å². The van der Waals surface area contributed by atoms with Crippen LogP contribution in [0.2, 0.25) is 0 Å². The molecule has 4 aliphatic carbocycles. The molecule has 1 unspecified atom stereocenters. The molecule has 31 heavy (non-hydrogen) atoms. The van der Waals surface area contributed by atoms with E-state index in [2.05, 4.69) is 40.7 Å². The second-order valence-electron chi connectivity index (χ2n) is 10.7. The molecular formula is C28H39CoO2. The van der Waals surface area contributed by atoms with Crippen LogP contribution in [0.4, 0.5) is 0 Å². The van der Waals surface area contributed by atoms with Crippen molar-refractivity contribution in [2.24, 2.45) is 10.8 Å². The summed E-state index contributed by atoms with van der Waals surface area (Å²) in [5.41, 5.74) is 8.11. The molecule has 1 saturated heterocycles. The maximum Gasteiger partial charge on any atom is 0.173 e. The predicted octanol–water partition coefficient (Wildman–Crippen LogP) is 7.41. The fourth-order valence-electron chi connectivity index (χ4n) is 6.18. The van der Waals surface area contributed by atoms with E-state index < -0.39 is 5.79 Å². The maximum absolute atomic E-state index is 6.34. The van der Waals surface area contributed by atoms with E-state index in [1.165, 1.54) is 31.3 Å². The zero-order valence-electron chi connectivity index (χ0n) is 20.0. The average Bonchev–Trinajstić information content (AvgIpc) is 3.38. The molecule has 3 fully saturated rings. The van der Waals surface area contributed by atoms with Crippen molar-refractivity contribution in [3.63, 3.8) is 0 Å². The fourth-order valence-corrected chi connectivity index (χ4v) is 6.18. The van der Waals surface area contributed by atoms with Gasteiger partial charge in [0.05, 0.1) is 13.2 Å². The summed E-state index contributed by atoms with van der Waals surface area (Å²) in [5, 5.41) is 0. The van der Waals surface area contributed by atoms with Gasteiger partial charge in [-0.3, -0.25) is 0 Å². The number of hydrogen-bond donors (Lipinski definition) is 0. The third-order valence-electron chi connectivity index (χ3n) is 7.54. The van der Waals surface area contributed by atoms with Crippen LogP contribution in [-0.2, 0) is 26.3 Å². The van der Waals surface area contributed by atoms with Crippen LogP contribution in [0, 0.1) is 17.3 Å². The van der Waals surface area contributed by atoms with Gasteiger partial charge in [0.1, 0.15) is 0 Å². The van der Waals surface area contributed by atoms with E-state index in [-0.39, 0.29) is 27.6 Å². The first-order valence-electron chi connectivity index (χ1n) is 11.9. The zero-order chi connectivity index (χ0) is 21.4. The van der Waals surface area contributed by atoms with Crippen molar-refractivity contribution in [3.05, 3.63) is 64.7 Å². The van der Waals surface area contributed by atoms with Crippen molar-refractivity contribution in [2.75, 3.05) is 13.2 Å². The standard InChI is InChI=1S/C23H34O2.C5H5.Co/c1-16(2)19-13-17-9-6-7-10-18(17)20-14-22(24-11-8-12-25-22)15-23(19,20)21(3,4)5;1-2-4-5-3-1;/h13H,6-12,14-15H2,1-5H3;1-5H;. The Kier molecular flexibility index (Phi) is 7.63. The average molecular weight is 467 g/mol. The predicted molar refractivity (Wildman–Crippen MR) is 125 cm³/mol. The first kappa shape index (κ1) is 24.8. The summed E-state index contributed by atoms with van der Waals surface area (Å²) in [7, 11) is 0.